The van der Waals surface area contributed by atoms with Crippen LogP contribution in [0.5, 0.6) is 5.88 Å². The zero-order chi connectivity index (χ0) is 13.9. The van der Waals surface area contributed by atoms with E-state index in [0.717, 1.165) is 23.5 Å². The van der Waals surface area contributed by atoms with E-state index in [9.17, 15) is 0 Å². The molecule has 20 heavy (non-hydrogen) atoms. The second-order valence-electron chi connectivity index (χ2n) is 4.92. The molecule has 0 fully saturated rings. The molecule has 0 spiro atoms. The van der Waals surface area contributed by atoms with Crippen molar-refractivity contribution in [1.82, 2.24) is 15.3 Å². The van der Waals surface area contributed by atoms with E-state index in [0.29, 0.717) is 11.9 Å². The Kier molecular flexibility index (Phi) is 3.98. The summed E-state index contributed by atoms with van der Waals surface area (Å²) in [6.45, 7) is 3.13. The SMILES string of the molecule is CCNC1CCCc2sc(-c3ccc(OC)nc3)nc21. The van der Waals surface area contributed by atoms with Crippen molar-refractivity contribution in [1.29, 1.82) is 0 Å². The molecular formula is C15H19N3OS. The van der Waals surface area contributed by atoms with Crippen LogP contribution < -0.4 is 10.1 Å². The minimum Gasteiger partial charge on any atom is -0.481 e. The molecule has 1 unspecified atom stereocenters. The number of hydrogen-bond donors (Lipinski definition) is 1. The van der Waals surface area contributed by atoms with Gasteiger partial charge in [0.1, 0.15) is 5.01 Å². The van der Waals surface area contributed by atoms with Crippen molar-refractivity contribution < 1.29 is 4.74 Å². The summed E-state index contributed by atoms with van der Waals surface area (Å²) in [7, 11) is 1.63. The summed E-state index contributed by atoms with van der Waals surface area (Å²) in [6.07, 6.45) is 5.42. The smallest absolute Gasteiger partial charge is 0.212 e. The number of nitrogens with one attached hydrogen (secondary N) is 1. The monoisotopic (exact) mass is 289 g/mol. The second kappa shape index (κ2) is 5.89. The molecule has 0 aliphatic heterocycles. The fourth-order valence-corrected chi connectivity index (χ4v) is 3.77. The van der Waals surface area contributed by atoms with E-state index in [1.165, 1.54) is 23.4 Å². The first-order valence-electron chi connectivity index (χ1n) is 7.05. The molecule has 3 rings (SSSR count). The van der Waals surface area contributed by atoms with Crippen molar-refractivity contribution in [3.63, 3.8) is 0 Å². The Bertz CT molecular complexity index is 579. The predicted molar refractivity (Wildman–Crippen MR) is 81.3 cm³/mol. The maximum absolute atomic E-state index is 5.10. The molecule has 0 bridgehead atoms. The van der Waals surface area contributed by atoms with Crippen LogP contribution in [0.15, 0.2) is 18.3 Å². The molecule has 0 saturated carbocycles. The van der Waals surface area contributed by atoms with Crippen LogP contribution in [0.4, 0.5) is 0 Å². The average molecular weight is 289 g/mol. The van der Waals surface area contributed by atoms with E-state index in [-0.39, 0.29) is 0 Å². The highest BCUT2D eigenvalue weighted by atomic mass is 32.1. The molecule has 0 radical (unpaired) electrons. The van der Waals surface area contributed by atoms with Gasteiger partial charge in [0.25, 0.3) is 0 Å². The number of aromatic nitrogens is 2. The molecule has 1 atom stereocenters. The molecule has 0 saturated heterocycles. The number of ether oxygens (including phenoxy) is 1. The van der Waals surface area contributed by atoms with Crippen LogP contribution in [-0.2, 0) is 6.42 Å². The van der Waals surface area contributed by atoms with Crippen LogP contribution in [0.1, 0.15) is 36.4 Å². The van der Waals surface area contributed by atoms with E-state index in [1.54, 1.807) is 18.4 Å². The molecule has 2 aromatic rings. The molecule has 106 valence electrons. The quantitative estimate of drug-likeness (QED) is 0.939. The van der Waals surface area contributed by atoms with Gasteiger partial charge >= 0.3 is 0 Å². The lowest BCUT2D eigenvalue weighted by molar-refractivity contribution is 0.398. The van der Waals surface area contributed by atoms with Gasteiger partial charge in [-0.2, -0.15) is 0 Å². The van der Waals surface area contributed by atoms with Crippen molar-refractivity contribution in [3.05, 3.63) is 28.9 Å². The summed E-state index contributed by atoms with van der Waals surface area (Å²) in [6, 6.07) is 4.33. The molecule has 2 heterocycles. The molecule has 1 aliphatic rings. The van der Waals surface area contributed by atoms with Gasteiger partial charge in [-0.15, -0.1) is 11.3 Å². The topological polar surface area (TPSA) is 47.0 Å². The fourth-order valence-electron chi connectivity index (χ4n) is 2.61. The summed E-state index contributed by atoms with van der Waals surface area (Å²) in [5, 5.41) is 4.60. The summed E-state index contributed by atoms with van der Waals surface area (Å²) < 4.78 is 5.10. The van der Waals surface area contributed by atoms with Crippen molar-refractivity contribution in [3.8, 4) is 16.5 Å². The molecule has 1 aliphatic carbocycles. The van der Waals surface area contributed by atoms with Crippen molar-refractivity contribution in [2.45, 2.75) is 32.2 Å². The lowest BCUT2D eigenvalue weighted by atomic mass is 9.98. The lowest BCUT2D eigenvalue weighted by Crippen LogP contribution is -2.24. The van der Waals surface area contributed by atoms with Crippen molar-refractivity contribution in [2.24, 2.45) is 0 Å². The lowest BCUT2D eigenvalue weighted by Gasteiger charge is -2.21. The molecule has 2 aromatic heterocycles. The highest BCUT2D eigenvalue weighted by Crippen LogP contribution is 2.37. The number of hydrogen-bond acceptors (Lipinski definition) is 5. The van der Waals surface area contributed by atoms with Gasteiger partial charge in [0, 0.05) is 22.7 Å². The first kappa shape index (κ1) is 13.5. The third-order valence-corrected chi connectivity index (χ3v) is 4.78. The van der Waals surface area contributed by atoms with E-state index >= 15 is 0 Å². The zero-order valence-corrected chi connectivity index (χ0v) is 12.7. The first-order chi connectivity index (χ1) is 9.81. The molecule has 4 nitrogen and oxygen atoms in total. The van der Waals surface area contributed by atoms with Crippen LogP contribution in [0.25, 0.3) is 10.6 Å². The van der Waals surface area contributed by atoms with E-state index in [2.05, 4.69) is 17.2 Å². The third kappa shape index (κ3) is 2.55. The minimum absolute atomic E-state index is 0.417. The van der Waals surface area contributed by atoms with Crippen molar-refractivity contribution in [2.75, 3.05) is 13.7 Å². The normalized spacial score (nSPS) is 17.8. The molecular weight excluding hydrogens is 270 g/mol. The number of methoxy groups -OCH3 is 1. The number of pyridine rings is 1. The van der Waals surface area contributed by atoms with E-state index in [1.807, 2.05) is 18.3 Å². The highest BCUT2D eigenvalue weighted by molar-refractivity contribution is 7.15. The molecule has 0 amide bonds. The van der Waals surface area contributed by atoms with E-state index in [4.69, 9.17) is 9.72 Å². The van der Waals surface area contributed by atoms with Crippen LogP contribution >= 0.6 is 11.3 Å². The fraction of sp³-hybridized carbons (Fsp3) is 0.467. The number of rotatable bonds is 4. The maximum Gasteiger partial charge on any atom is 0.212 e. The Hall–Kier alpha value is -1.46. The molecule has 1 N–H and O–H groups in total. The maximum atomic E-state index is 5.10. The summed E-state index contributed by atoms with van der Waals surface area (Å²) in [5.41, 5.74) is 2.31. The second-order valence-corrected chi connectivity index (χ2v) is 6.00. The highest BCUT2D eigenvalue weighted by Gasteiger charge is 2.24. The van der Waals surface area contributed by atoms with Crippen LogP contribution in [0, 0.1) is 0 Å². The van der Waals surface area contributed by atoms with Gasteiger partial charge in [-0.25, -0.2) is 9.97 Å². The standard InChI is InChI=1S/C15H19N3OS/c1-3-16-11-5-4-6-12-14(11)18-15(20-12)10-7-8-13(19-2)17-9-10/h7-9,11,16H,3-6H2,1-2H3. The number of fused-ring (bicyclic) bond motifs is 1. The molecule has 5 heteroatoms. The third-order valence-electron chi connectivity index (χ3n) is 3.60. The minimum atomic E-state index is 0.417. The average Bonchev–Trinajstić information content (AvgIpc) is 2.93. The van der Waals surface area contributed by atoms with Crippen LogP contribution in [-0.4, -0.2) is 23.6 Å². The number of thiazole rings is 1. The summed E-state index contributed by atoms with van der Waals surface area (Å²) in [5.74, 6) is 0.639. The van der Waals surface area contributed by atoms with Gasteiger partial charge in [-0.1, -0.05) is 6.92 Å². The molecule has 0 aromatic carbocycles. The van der Waals surface area contributed by atoms with E-state index < -0.39 is 0 Å². The van der Waals surface area contributed by atoms with Gasteiger partial charge < -0.3 is 10.1 Å². The van der Waals surface area contributed by atoms with Crippen molar-refractivity contribution >= 4 is 11.3 Å². The Morgan fingerprint density at radius 1 is 1.45 bits per heavy atom. The van der Waals surface area contributed by atoms with Gasteiger partial charge in [0.2, 0.25) is 5.88 Å². The number of aryl methyl sites for hydroxylation is 1. The predicted octanol–water partition coefficient (Wildman–Crippen LogP) is 3.20. The van der Waals surface area contributed by atoms with Gasteiger partial charge in [-0.05, 0) is 31.9 Å². The Labute approximate surface area is 123 Å². The zero-order valence-electron chi connectivity index (χ0n) is 11.8. The first-order valence-corrected chi connectivity index (χ1v) is 7.87. The van der Waals surface area contributed by atoms with Gasteiger partial charge in [0.15, 0.2) is 0 Å². The van der Waals surface area contributed by atoms with Crippen LogP contribution in [0.3, 0.4) is 0 Å². The van der Waals surface area contributed by atoms with Gasteiger partial charge in [-0.3, -0.25) is 0 Å². The van der Waals surface area contributed by atoms with Gasteiger partial charge in [0.05, 0.1) is 18.8 Å². The Morgan fingerprint density at radius 2 is 2.35 bits per heavy atom. The summed E-state index contributed by atoms with van der Waals surface area (Å²) >= 11 is 1.80. The largest absolute Gasteiger partial charge is 0.481 e. The number of nitrogens with zero attached hydrogens (tertiary/aromatic N) is 2. The Balaban J connectivity index is 1.91. The Morgan fingerprint density at radius 3 is 3.05 bits per heavy atom. The summed E-state index contributed by atoms with van der Waals surface area (Å²) in [4.78, 5) is 10.5. The van der Waals surface area contributed by atoms with Crippen LogP contribution in [0.2, 0.25) is 0 Å².